The second-order valence-corrected chi connectivity index (χ2v) is 3.15. The van der Waals surface area contributed by atoms with Crippen molar-refractivity contribution < 1.29 is 9.13 Å². The molecule has 0 amide bonds. The van der Waals surface area contributed by atoms with Crippen LogP contribution in [0.15, 0.2) is 24.3 Å². The normalized spacial score (nSPS) is 10.5. The van der Waals surface area contributed by atoms with Crippen molar-refractivity contribution >= 4 is 22.5 Å². The van der Waals surface area contributed by atoms with E-state index >= 15 is 0 Å². The summed E-state index contributed by atoms with van der Waals surface area (Å²) in [6.45, 7) is 0. The zero-order valence-corrected chi connectivity index (χ0v) is 8.18. The Balaban J connectivity index is 2.80. The van der Waals surface area contributed by atoms with Gasteiger partial charge in [-0.2, -0.15) is 0 Å². The summed E-state index contributed by atoms with van der Waals surface area (Å²) in [5, 5.41) is 0.652. The quantitative estimate of drug-likeness (QED) is 0.677. The third-order valence-electron chi connectivity index (χ3n) is 1.95. The molecule has 0 atom stereocenters. The van der Waals surface area contributed by atoms with Crippen LogP contribution in [0.25, 0.3) is 10.9 Å². The molecule has 0 aliphatic rings. The van der Waals surface area contributed by atoms with Crippen molar-refractivity contribution in [3.8, 4) is 5.75 Å². The first-order valence-corrected chi connectivity index (χ1v) is 4.39. The molecule has 1 aromatic carbocycles. The van der Waals surface area contributed by atoms with E-state index < -0.39 is 0 Å². The van der Waals surface area contributed by atoms with Gasteiger partial charge >= 0.3 is 0 Å². The highest BCUT2D eigenvalue weighted by Gasteiger charge is 2.07. The van der Waals surface area contributed by atoms with Crippen LogP contribution in [-0.4, -0.2) is 12.1 Å². The summed E-state index contributed by atoms with van der Waals surface area (Å²) in [6, 6.07) is 6.20. The lowest BCUT2D eigenvalue weighted by Crippen LogP contribution is -1.89. The summed E-state index contributed by atoms with van der Waals surface area (Å²) < 4.78 is 18.2. The van der Waals surface area contributed by atoms with Gasteiger partial charge in [-0.3, -0.25) is 0 Å². The Bertz CT molecular complexity index is 487. The number of ether oxygens (including phenoxy) is 1. The Hall–Kier alpha value is -1.35. The van der Waals surface area contributed by atoms with Crippen molar-refractivity contribution in [3.05, 3.63) is 35.2 Å². The second-order valence-electron chi connectivity index (χ2n) is 2.79. The second kappa shape index (κ2) is 3.42. The van der Waals surface area contributed by atoms with Gasteiger partial charge in [0.15, 0.2) is 10.9 Å². The number of pyridine rings is 1. The van der Waals surface area contributed by atoms with Gasteiger partial charge in [0.05, 0.1) is 12.6 Å². The molecular formula is C10H7ClFNO. The maximum atomic E-state index is 13.3. The number of methoxy groups -OCH3 is 1. The summed E-state index contributed by atoms with van der Waals surface area (Å²) in [5.41, 5.74) is 0.524. The minimum atomic E-state index is -0.329. The first-order chi connectivity index (χ1) is 6.72. The van der Waals surface area contributed by atoms with Crippen LogP contribution in [0.1, 0.15) is 0 Å². The molecule has 0 saturated carbocycles. The van der Waals surface area contributed by atoms with E-state index in [1.165, 1.54) is 13.2 Å². The molecular weight excluding hydrogens is 205 g/mol. The molecule has 2 rings (SSSR count). The fourth-order valence-electron chi connectivity index (χ4n) is 1.26. The summed E-state index contributed by atoms with van der Waals surface area (Å²) in [7, 11) is 1.47. The molecule has 0 spiro atoms. The summed E-state index contributed by atoms with van der Waals surface area (Å²) in [4.78, 5) is 4.01. The minimum Gasteiger partial charge on any atom is -0.494 e. The van der Waals surface area contributed by atoms with Crippen molar-refractivity contribution in [2.75, 3.05) is 7.11 Å². The van der Waals surface area contributed by atoms with Gasteiger partial charge in [0.1, 0.15) is 5.82 Å². The van der Waals surface area contributed by atoms with Gasteiger partial charge in [-0.15, -0.1) is 0 Å². The average molecular weight is 212 g/mol. The van der Waals surface area contributed by atoms with E-state index in [0.717, 1.165) is 0 Å². The summed E-state index contributed by atoms with van der Waals surface area (Å²) in [5.74, 6) is 0.0502. The number of rotatable bonds is 1. The van der Waals surface area contributed by atoms with Gasteiger partial charge in [0, 0.05) is 5.39 Å². The molecule has 0 unspecified atom stereocenters. The van der Waals surface area contributed by atoms with Crippen LogP contribution < -0.4 is 4.74 Å². The molecule has 2 aromatic rings. The molecule has 72 valence electrons. The Labute approximate surface area is 85.3 Å². The van der Waals surface area contributed by atoms with Gasteiger partial charge < -0.3 is 4.74 Å². The van der Waals surface area contributed by atoms with E-state index in [1.54, 1.807) is 18.2 Å². The van der Waals surface area contributed by atoms with Crippen LogP contribution in [0.2, 0.25) is 5.15 Å². The molecule has 0 fully saturated rings. The van der Waals surface area contributed by atoms with E-state index in [4.69, 9.17) is 16.3 Å². The average Bonchev–Trinajstić information content (AvgIpc) is 2.17. The van der Waals surface area contributed by atoms with E-state index in [2.05, 4.69) is 4.98 Å². The highest BCUT2D eigenvalue weighted by Crippen LogP contribution is 2.27. The lowest BCUT2D eigenvalue weighted by atomic mass is 10.2. The number of halogens is 2. The van der Waals surface area contributed by atoms with Gasteiger partial charge in [0.2, 0.25) is 0 Å². The van der Waals surface area contributed by atoms with Crippen molar-refractivity contribution in [3.63, 3.8) is 0 Å². The molecule has 1 heterocycles. The highest BCUT2D eigenvalue weighted by atomic mass is 35.5. The van der Waals surface area contributed by atoms with Gasteiger partial charge in [-0.1, -0.05) is 17.7 Å². The molecule has 4 heteroatoms. The van der Waals surface area contributed by atoms with E-state index in [1.807, 2.05) is 0 Å². The zero-order chi connectivity index (χ0) is 10.1. The van der Waals surface area contributed by atoms with Crippen molar-refractivity contribution in [1.82, 2.24) is 4.98 Å². The standard InChI is InChI=1S/C10H7ClFNO/c1-14-9-5-6-7(12)3-2-4-8(6)13-10(9)11/h2-5H,1H3. The third-order valence-corrected chi connectivity index (χ3v) is 2.22. The molecule has 0 aliphatic heterocycles. The molecule has 2 nitrogen and oxygen atoms in total. The monoisotopic (exact) mass is 211 g/mol. The third kappa shape index (κ3) is 1.40. The van der Waals surface area contributed by atoms with E-state index in [-0.39, 0.29) is 11.0 Å². The summed E-state index contributed by atoms with van der Waals surface area (Å²) in [6.07, 6.45) is 0. The first kappa shape index (κ1) is 9.21. The van der Waals surface area contributed by atoms with Gasteiger partial charge in [-0.05, 0) is 18.2 Å². The number of aromatic nitrogens is 1. The Morgan fingerprint density at radius 3 is 2.93 bits per heavy atom. The smallest absolute Gasteiger partial charge is 0.171 e. The Morgan fingerprint density at radius 1 is 1.43 bits per heavy atom. The van der Waals surface area contributed by atoms with Crippen molar-refractivity contribution in [1.29, 1.82) is 0 Å². The molecule has 0 aliphatic carbocycles. The number of hydrogen-bond donors (Lipinski definition) is 0. The summed E-state index contributed by atoms with van der Waals surface area (Å²) >= 11 is 5.80. The van der Waals surface area contributed by atoms with Crippen molar-refractivity contribution in [2.24, 2.45) is 0 Å². The van der Waals surface area contributed by atoms with Crippen LogP contribution in [-0.2, 0) is 0 Å². The fourth-order valence-corrected chi connectivity index (χ4v) is 1.48. The maximum absolute atomic E-state index is 13.3. The Kier molecular flexibility index (Phi) is 2.25. The predicted octanol–water partition coefficient (Wildman–Crippen LogP) is 3.04. The molecule has 0 N–H and O–H groups in total. The lowest BCUT2D eigenvalue weighted by molar-refractivity contribution is 0.414. The highest BCUT2D eigenvalue weighted by molar-refractivity contribution is 6.31. The molecule has 0 bridgehead atoms. The van der Waals surface area contributed by atoms with Crippen LogP contribution in [0.3, 0.4) is 0 Å². The number of hydrogen-bond acceptors (Lipinski definition) is 2. The van der Waals surface area contributed by atoms with Crippen LogP contribution >= 0.6 is 11.6 Å². The molecule has 1 aromatic heterocycles. The topological polar surface area (TPSA) is 22.1 Å². The fraction of sp³-hybridized carbons (Fsp3) is 0.100. The molecule has 0 radical (unpaired) electrons. The van der Waals surface area contributed by atoms with E-state index in [0.29, 0.717) is 16.7 Å². The first-order valence-electron chi connectivity index (χ1n) is 4.01. The number of fused-ring (bicyclic) bond motifs is 1. The van der Waals surface area contributed by atoms with Crippen LogP contribution in [0.4, 0.5) is 4.39 Å². The number of benzene rings is 1. The Morgan fingerprint density at radius 2 is 2.21 bits per heavy atom. The molecule has 14 heavy (non-hydrogen) atoms. The van der Waals surface area contributed by atoms with Crippen LogP contribution in [0.5, 0.6) is 5.75 Å². The minimum absolute atomic E-state index is 0.241. The molecule has 0 saturated heterocycles. The lowest BCUT2D eigenvalue weighted by Gasteiger charge is -2.04. The van der Waals surface area contributed by atoms with Crippen molar-refractivity contribution in [2.45, 2.75) is 0 Å². The van der Waals surface area contributed by atoms with Gasteiger partial charge in [-0.25, -0.2) is 9.37 Å². The zero-order valence-electron chi connectivity index (χ0n) is 7.42. The SMILES string of the molecule is COc1cc2c(F)cccc2nc1Cl. The maximum Gasteiger partial charge on any atom is 0.171 e. The van der Waals surface area contributed by atoms with Crippen LogP contribution in [0, 0.1) is 5.82 Å². The van der Waals surface area contributed by atoms with E-state index in [9.17, 15) is 4.39 Å². The predicted molar refractivity (Wildman–Crippen MR) is 53.3 cm³/mol. The largest absolute Gasteiger partial charge is 0.494 e. The van der Waals surface area contributed by atoms with Gasteiger partial charge in [0.25, 0.3) is 0 Å². The number of nitrogens with zero attached hydrogens (tertiary/aromatic N) is 1.